The van der Waals surface area contributed by atoms with E-state index in [1.807, 2.05) is 19.1 Å². The van der Waals surface area contributed by atoms with Gasteiger partial charge in [0.15, 0.2) is 5.78 Å². The van der Waals surface area contributed by atoms with E-state index in [1.54, 1.807) is 0 Å². The maximum absolute atomic E-state index is 12.9. The Morgan fingerprint density at radius 2 is 1.67 bits per heavy atom. The van der Waals surface area contributed by atoms with Crippen molar-refractivity contribution in [2.45, 2.75) is 70.1 Å². The summed E-state index contributed by atoms with van der Waals surface area (Å²) in [4.78, 5) is 12.9. The van der Waals surface area contributed by atoms with Crippen molar-refractivity contribution in [2.75, 3.05) is 0 Å². The minimum atomic E-state index is -0.399. The van der Waals surface area contributed by atoms with Crippen LogP contribution in [0, 0.1) is 23.2 Å². The van der Waals surface area contributed by atoms with Crippen molar-refractivity contribution in [1.82, 2.24) is 9.78 Å². The van der Waals surface area contributed by atoms with Crippen LogP contribution in [0.15, 0.2) is 66.2 Å². The summed E-state index contributed by atoms with van der Waals surface area (Å²) in [5.74, 6) is 0.506. The number of rotatable bonds is 3. The molecule has 6 rings (SSSR count). The number of benzene rings is 2. The van der Waals surface area contributed by atoms with Gasteiger partial charge in [0.1, 0.15) is 6.07 Å². The molecule has 4 nitrogen and oxygen atoms in total. The van der Waals surface area contributed by atoms with Crippen LogP contribution in [0.4, 0.5) is 0 Å². The number of fused-ring (bicyclic) bond motifs is 3. The summed E-state index contributed by atoms with van der Waals surface area (Å²) in [5, 5.41) is 15.1. The summed E-state index contributed by atoms with van der Waals surface area (Å²) in [7, 11) is 0. The molecule has 1 heterocycles. The highest BCUT2D eigenvalue weighted by Gasteiger charge is 2.51. The number of ketones is 1. The molecule has 1 aromatic heterocycles. The van der Waals surface area contributed by atoms with Gasteiger partial charge in [-0.05, 0) is 60.4 Å². The van der Waals surface area contributed by atoms with Gasteiger partial charge in [-0.15, -0.1) is 0 Å². The van der Waals surface area contributed by atoms with Gasteiger partial charge < -0.3 is 0 Å². The Morgan fingerprint density at radius 1 is 0.972 bits per heavy atom. The fourth-order valence-electron chi connectivity index (χ4n) is 7.19. The van der Waals surface area contributed by atoms with Gasteiger partial charge in [0.2, 0.25) is 0 Å². The van der Waals surface area contributed by atoms with Crippen LogP contribution >= 0.6 is 0 Å². The Labute approximate surface area is 213 Å². The van der Waals surface area contributed by atoms with Crippen molar-refractivity contribution >= 4 is 5.78 Å². The van der Waals surface area contributed by atoms with Crippen molar-refractivity contribution in [3.8, 4) is 22.9 Å². The zero-order valence-electron chi connectivity index (χ0n) is 21.2. The summed E-state index contributed by atoms with van der Waals surface area (Å²) in [5.41, 5.74) is 7.15. The zero-order chi connectivity index (χ0) is 24.9. The second-order valence-electron chi connectivity index (χ2n) is 11.1. The van der Waals surface area contributed by atoms with Gasteiger partial charge in [0.25, 0.3) is 0 Å². The molecule has 3 aliphatic carbocycles. The Hall–Kier alpha value is -3.45. The zero-order valence-corrected chi connectivity index (χ0v) is 21.2. The highest BCUT2D eigenvalue weighted by molar-refractivity contribution is 6.02. The highest BCUT2D eigenvalue weighted by atomic mass is 16.1. The van der Waals surface area contributed by atoms with Gasteiger partial charge in [0, 0.05) is 17.3 Å². The molecular formula is C32H33N3O. The minimum Gasteiger partial charge on any atom is -0.293 e. The van der Waals surface area contributed by atoms with E-state index in [4.69, 9.17) is 5.10 Å². The van der Waals surface area contributed by atoms with E-state index in [0.717, 1.165) is 18.5 Å². The lowest BCUT2D eigenvalue weighted by Gasteiger charge is -2.45. The maximum atomic E-state index is 12.9. The molecular weight excluding hydrogens is 442 g/mol. The van der Waals surface area contributed by atoms with E-state index < -0.39 is 5.41 Å². The van der Waals surface area contributed by atoms with Crippen LogP contribution in [0.25, 0.3) is 16.8 Å². The predicted molar refractivity (Wildman–Crippen MR) is 142 cm³/mol. The molecule has 0 aliphatic heterocycles. The number of nitrogens with zero attached hydrogens (tertiary/aromatic N) is 3. The topological polar surface area (TPSA) is 58.7 Å². The molecule has 182 valence electrons. The van der Waals surface area contributed by atoms with Crippen LogP contribution < -0.4 is 0 Å². The van der Waals surface area contributed by atoms with Gasteiger partial charge >= 0.3 is 0 Å². The van der Waals surface area contributed by atoms with Crippen LogP contribution in [-0.4, -0.2) is 15.6 Å². The molecule has 1 fully saturated rings. The molecule has 2 aromatic carbocycles. The Morgan fingerprint density at radius 3 is 2.36 bits per heavy atom. The summed E-state index contributed by atoms with van der Waals surface area (Å²) in [6.45, 7) is 4.25. The molecule has 0 radical (unpaired) electrons. The van der Waals surface area contributed by atoms with Crippen LogP contribution in [0.1, 0.15) is 75.2 Å². The van der Waals surface area contributed by atoms with Crippen molar-refractivity contribution in [1.29, 1.82) is 5.26 Å². The van der Waals surface area contributed by atoms with Gasteiger partial charge in [0.05, 0.1) is 22.6 Å². The lowest BCUT2D eigenvalue weighted by atomic mass is 9.57. The SMILES string of the molecule is C[C@H]1C(=O)C(C#N)=C[C@@]2(C)c3c(c(C4CCCCC4)nn3-c3ccc(-c4ccccc4)cc3)CC[C@H]12. The first-order chi connectivity index (χ1) is 17.5. The summed E-state index contributed by atoms with van der Waals surface area (Å²) in [6.07, 6.45) is 10.1. The largest absolute Gasteiger partial charge is 0.293 e. The first kappa shape index (κ1) is 23.0. The third-order valence-corrected chi connectivity index (χ3v) is 9.06. The standard InChI is InChI=1S/C32H33N3O/c1-21-28-18-17-27-29(24-11-7-4-8-12-24)34-35(31(27)32(28,2)19-25(20-33)30(21)36)26-15-13-23(14-16-26)22-9-5-3-6-10-22/h3,5-6,9-10,13-16,19,21,24,28H,4,7-8,11-12,17-18H2,1-2H3/t21-,28-,32-/m1/s1. The number of nitriles is 1. The van der Waals surface area contributed by atoms with Crippen LogP contribution in [0.5, 0.6) is 0 Å². The molecule has 3 aromatic rings. The quantitative estimate of drug-likeness (QED) is 0.407. The lowest BCUT2D eigenvalue weighted by Crippen LogP contribution is -2.46. The normalized spacial score (nSPS) is 26.0. The maximum Gasteiger partial charge on any atom is 0.176 e. The lowest BCUT2D eigenvalue weighted by molar-refractivity contribution is -0.121. The number of Topliss-reactive ketones (excluding diaryl/α,β-unsaturated/α-hetero) is 1. The molecule has 4 heteroatoms. The van der Waals surface area contributed by atoms with Gasteiger partial charge in [-0.3, -0.25) is 4.79 Å². The Kier molecular flexibility index (Phi) is 5.67. The molecule has 0 saturated heterocycles. The second kappa shape index (κ2) is 8.89. The molecule has 1 saturated carbocycles. The van der Waals surface area contributed by atoms with Crippen LogP contribution in [0.2, 0.25) is 0 Å². The average Bonchev–Trinajstić information content (AvgIpc) is 3.33. The Balaban J connectivity index is 1.53. The fourth-order valence-corrected chi connectivity index (χ4v) is 7.19. The summed E-state index contributed by atoms with van der Waals surface area (Å²) < 4.78 is 2.16. The number of carbonyl (C=O) groups excluding carboxylic acids is 1. The van der Waals surface area contributed by atoms with Crippen LogP contribution in [0.3, 0.4) is 0 Å². The molecule has 0 N–H and O–H groups in total. The van der Waals surface area contributed by atoms with E-state index in [2.05, 4.69) is 66.2 Å². The molecule has 0 spiro atoms. The van der Waals surface area contributed by atoms with Gasteiger partial charge in [-0.25, -0.2) is 4.68 Å². The number of hydrogen-bond acceptors (Lipinski definition) is 3. The van der Waals surface area contributed by atoms with E-state index in [-0.39, 0.29) is 17.6 Å². The number of hydrogen-bond donors (Lipinski definition) is 0. The molecule has 0 unspecified atom stereocenters. The van der Waals surface area contributed by atoms with Crippen molar-refractivity contribution in [3.63, 3.8) is 0 Å². The minimum absolute atomic E-state index is 0.00536. The van der Waals surface area contributed by atoms with Crippen molar-refractivity contribution in [3.05, 3.63) is 83.2 Å². The van der Waals surface area contributed by atoms with E-state index >= 15 is 0 Å². The second-order valence-corrected chi connectivity index (χ2v) is 11.1. The smallest absolute Gasteiger partial charge is 0.176 e. The van der Waals surface area contributed by atoms with Crippen molar-refractivity contribution < 1.29 is 4.79 Å². The number of allylic oxidation sites excluding steroid dienone is 2. The third-order valence-electron chi connectivity index (χ3n) is 9.06. The summed E-state index contributed by atoms with van der Waals surface area (Å²) in [6, 6.07) is 21.3. The monoisotopic (exact) mass is 475 g/mol. The Bertz CT molecular complexity index is 1370. The van der Waals surface area contributed by atoms with Crippen molar-refractivity contribution in [2.24, 2.45) is 11.8 Å². The molecule has 0 amide bonds. The summed E-state index contributed by atoms with van der Waals surface area (Å²) >= 11 is 0. The number of carbonyl (C=O) groups is 1. The van der Waals surface area contributed by atoms with E-state index in [0.29, 0.717) is 11.5 Å². The van der Waals surface area contributed by atoms with Crippen LogP contribution in [-0.2, 0) is 16.6 Å². The van der Waals surface area contributed by atoms with Gasteiger partial charge in [-0.2, -0.15) is 10.4 Å². The molecule has 3 atom stereocenters. The van der Waals surface area contributed by atoms with E-state index in [1.165, 1.54) is 60.2 Å². The molecule has 36 heavy (non-hydrogen) atoms. The molecule has 3 aliphatic rings. The number of aromatic nitrogens is 2. The third kappa shape index (κ3) is 3.56. The first-order valence-electron chi connectivity index (χ1n) is 13.5. The highest BCUT2D eigenvalue weighted by Crippen LogP contribution is 2.52. The molecule has 0 bridgehead atoms. The first-order valence-corrected chi connectivity index (χ1v) is 13.5. The average molecular weight is 476 g/mol. The predicted octanol–water partition coefficient (Wildman–Crippen LogP) is 7.08. The van der Waals surface area contributed by atoms with Gasteiger partial charge in [-0.1, -0.05) is 81.7 Å². The fraction of sp³-hybridized carbons (Fsp3) is 0.406. The van der Waals surface area contributed by atoms with E-state index in [9.17, 15) is 10.1 Å².